The highest BCUT2D eigenvalue weighted by Crippen LogP contribution is 2.33. The van der Waals surface area contributed by atoms with Crippen LogP contribution in [0.1, 0.15) is 37.0 Å². The lowest BCUT2D eigenvalue weighted by atomic mass is 10.1. The third-order valence-corrected chi connectivity index (χ3v) is 3.69. The highest BCUT2D eigenvalue weighted by Gasteiger charge is 2.40. The Morgan fingerprint density at radius 1 is 1.62 bits per heavy atom. The van der Waals surface area contributed by atoms with Crippen LogP contribution in [0.3, 0.4) is 0 Å². The summed E-state index contributed by atoms with van der Waals surface area (Å²) < 4.78 is 0. The number of nitrogens with zero attached hydrogens (tertiary/aromatic N) is 2. The minimum absolute atomic E-state index is 0.0440. The Balaban J connectivity index is 2.33. The Bertz CT molecular complexity index is 402. The van der Waals surface area contributed by atoms with Gasteiger partial charge in [-0.05, 0) is 20.8 Å². The Labute approximate surface area is 99.5 Å². The van der Waals surface area contributed by atoms with Crippen molar-refractivity contribution in [3.63, 3.8) is 0 Å². The van der Waals surface area contributed by atoms with Crippen LogP contribution < -0.4 is 5.73 Å². The van der Waals surface area contributed by atoms with Crippen LogP contribution in [0.2, 0.25) is 0 Å². The Morgan fingerprint density at radius 2 is 2.31 bits per heavy atom. The molecule has 88 valence electrons. The Kier molecular flexibility index (Phi) is 2.99. The fourth-order valence-electron chi connectivity index (χ4n) is 2.27. The molecule has 2 unspecified atom stereocenters. The zero-order valence-corrected chi connectivity index (χ0v) is 10.6. The van der Waals surface area contributed by atoms with E-state index in [0.717, 1.165) is 10.7 Å². The van der Waals surface area contributed by atoms with Crippen LogP contribution in [0.5, 0.6) is 0 Å². The molecule has 1 fully saturated rings. The van der Waals surface area contributed by atoms with Gasteiger partial charge >= 0.3 is 0 Å². The van der Waals surface area contributed by atoms with Crippen LogP contribution in [0.4, 0.5) is 0 Å². The van der Waals surface area contributed by atoms with Crippen LogP contribution in [-0.4, -0.2) is 27.9 Å². The molecular weight excluding hydrogens is 222 g/mol. The predicted molar refractivity (Wildman–Crippen MR) is 64.2 cm³/mol. The first-order valence-corrected chi connectivity index (χ1v) is 6.37. The zero-order chi connectivity index (χ0) is 11.9. The maximum Gasteiger partial charge on any atom is 0.225 e. The molecule has 0 bridgehead atoms. The molecule has 1 amide bonds. The summed E-state index contributed by atoms with van der Waals surface area (Å²) in [7, 11) is 0. The number of aromatic nitrogens is 1. The Morgan fingerprint density at radius 3 is 2.81 bits per heavy atom. The number of rotatable bonds is 2. The molecule has 1 aliphatic rings. The van der Waals surface area contributed by atoms with Gasteiger partial charge in [-0.25, -0.2) is 4.98 Å². The summed E-state index contributed by atoms with van der Waals surface area (Å²) in [6.07, 6.45) is 0.430. The van der Waals surface area contributed by atoms with Crippen molar-refractivity contribution in [2.24, 2.45) is 5.73 Å². The number of hydrogen-bond donors (Lipinski definition) is 1. The van der Waals surface area contributed by atoms with Gasteiger partial charge in [-0.3, -0.25) is 4.79 Å². The quantitative estimate of drug-likeness (QED) is 0.850. The molecular formula is C11H17N3OS. The molecule has 2 heterocycles. The van der Waals surface area contributed by atoms with Crippen LogP contribution >= 0.6 is 11.3 Å². The lowest BCUT2D eigenvalue weighted by Crippen LogP contribution is -2.37. The van der Waals surface area contributed by atoms with E-state index in [1.165, 1.54) is 0 Å². The molecule has 16 heavy (non-hydrogen) atoms. The average Bonchev–Trinajstić information content (AvgIpc) is 2.69. The number of nitrogens with two attached hydrogens (primary N) is 1. The number of hydrogen-bond acceptors (Lipinski definition) is 4. The average molecular weight is 239 g/mol. The van der Waals surface area contributed by atoms with Gasteiger partial charge in [0.25, 0.3) is 0 Å². The van der Waals surface area contributed by atoms with Crippen molar-refractivity contribution in [2.45, 2.75) is 45.3 Å². The summed E-state index contributed by atoms with van der Waals surface area (Å²) in [5, 5.41) is 3.03. The van der Waals surface area contributed by atoms with Crippen molar-refractivity contribution in [1.29, 1.82) is 0 Å². The number of thiazole rings is 1. The normalized spacial score (nSPS) is 25.8. The second-order valence-corrected chi connectivity index (χ2v) is 5.56. The third-order valence-electron chi connectivity index (χ3n) is 2.90. The van der Waals surface area contributed by atoms with Gasteiger partial charge in [-0.1, -0.05) is 0 Å². The zero-order valence-electron chi connectivity index (χ0n) is 9.80. The third kappa shape index (κ3) is 1.85. The van der Waals surface area contributed by atoms with Crippen molar-refractivity contribution in [1.82, 2.24) is 9.88 Å². The topological polar surface area (TPSA) is 59.2 Å². The minimum atomic E-state index is -0.128. The molecule has 2 atom stereocenters. The summed E-state index contributed by atoms with van der Waals surface area (Å²) in [5.74, 6) is 0.137. The molecule has 2 N–H and O–H groups in total. The van der Waals surface area contributed by atoms with Crippen LogP contribution in [0.15, 0.2) is 5.38 Å². The van der Waals surface area contributed by atoms with Crippen LogP contribution in [-0.2, 0) is 4.79 Å². The van der Waals surface area contributed by atoms with Crippen molar-refractivity contribution in [2.75, 3.05) is 0 Å². The molecule has 0 saturated carbocycles. The van der Waals surface area contributed by atoms with Gasteiger partial charge in [0.1, 0.15) is 0 Å². The fraction of sp³-hybridized carbons (Fsp3) is 0.636. The second kappa shape index (κ2) is 4.14. The standard InChI is InChI=1S/C11H17N3OS/c1-6(2)14-10(15)4-8(12)11(14)9-5-16-7(3)13-9/h5-6,8,11H,4,12H2,1-3H3. The summed E-state index contributed by atoms with van der Waals surface area (Å²) in [4.78, 5) is 18.2. The van der Waals surface area contributed by atoms with Crippen molar-refractivity contribution < 1.29 is 4.79 Å². The monoisotopic (exact) mass is 239 g/mol. The molecule has 1 aliphatic heterocycles. The van der Waals surface area contributed by atoms with E-state index < -0.39 is 0 Å². The van der Waals surface area contributed by atoms with Gasteiger partial charge in [-0.15, -0.1) is 11.3 Å². The van der Waals surface area contributed by atoms with E-state index in [1.54, 1.807) is 11.3 Å². The summed E-state index contributed by atoms with van der Waals surface area (Å²) in [5.41, 5.74) is 6.98. The van der Waals surface area contributed by atoms with Gasteiger partial charge in [0.15, 0.2) is 0 Å². The minimum Gasteiger partial charge on any atom is -0.330 e. The maximum absolute atomic E-state index is 11.8. The van der Waals surface area contributed by atoms with Gasteiger partial charge in [0, 0.05) is 23.9 Å². The van der Waals surface area contributed by atoms with Crippen molar-refractivity contribution >= 4 is 17.2 Å². The molecule has 0 aliphatic carbocycles. The first-order valence-electron chi connectivity index (χ1n) is 5.49. The highest BCUT2D eigenvalue weighted by molar-refractivity contribution is 7.09. The lowest BCUT2D eigenvalue weighted by molar-refractivity contribution is -0.130. The summed E-state index contributed by atoms with van der Waals surface area (Å²) >= 11 is 1.60. The molecule has 1 saturated heterocycles. The van der Waals surface area contributed by atoms with E-state index in [2.05, 4.69) is 4.98 Å². The molecule has 4 nitrogen and oxygen atoms in total. The van der Waals surface area contributed by atoms with E-state index in [4.69, 9.17) is 5.73 Å². The fourth-order valence-corrected chi connectivity index (χ4v) is 2.91. The molecule has 2 rings (SSSR count). The first-order chi connectivity index (χ1) is 7.50. The smallest absolute Gasteiger partial charge is 0.225 e. The predicted octanol–water partition coefficient (Wildman–Crippen LogP) is 1.46. The van der Waals surface area contributed by atoms with Crippen LogP contribution in [0, 0.1) is 6.92 Å². The van der Waals surface area contributed by atoms with Gasteiger partial charge in [0.05, 0.1) is 16.7 Å². The van der Waals surface area contributed by atoms with E-state index in [-0.39, 0.29) is 24.0 Å². The van der Waals surface area contributed by atoms with Gasteiger partial charge in [0.2, 0.25) is 5.91 Å². The van der Waals surface area contributed by atoms with Gasteiger partial charge in [-0.2, -0.15) is 0 Å². The highest BCUT2D eigenvalue weighted by atomic mass is 32.1. The molecule has 0 spiro atoms. The number of carbonyl (C=O) groups excluding carboxylic acids is 1. The Hall–Kier alpha value is -0.940. The lowest BCUT2D eigenvalue weighted by Gasteiger charge is -2.29. The van der Waals surface area contributed by atoms with Crippen LogP contribution in [0.25, 0.3) is 0 Å². The SMILES string of the molecule is Cc1nc(C2C(N)CC(=O)N2C(C)C)cs1. The number of carbonyl (C=O) groups is 1. The van der Waals surface area contributed by atoms with Gasteiger partial charge < -0.3 is 10.6 Å². The van der Waals surface area contributed by atoms with E-state index in [9.17, 15) is 4.79 Å². The largest absolute Gasteiger partial charge is 0.330 e. The van der Waals surface area contributed by atoms with E-state index in [1.807, 2.05) is 31.1 Å². The summed E-state index contributed by atoms with van der Waals surface area (Å²) in [6.45, 7) is 6.00. The second-order valence-electron chi connectivity index (χ2n) is 4.50. The number of aryl methyl sites for hydroxylation is 1. The first kappa shape index (κ1) is 11.5. The molecule has 1 aromatic heterocycles. The van der Waals surface area contributed by atoms with Crippen molar-refractivity contribution in [3.05, 3.63) is 16.1 Å². The molecule has 1 aromatic rings. The maximum atomic E-state index is 11.8. The number of amides is 1. The summed E-state index contributed by atoms with van der Waals surface area (Å²) in [6, 6.07) is 0.00176. The number of likely N-dealkylation sites (tertiary alicyclic amines) is 1. The molecule has 0 radical (unpaired) electrons. The molecule has 5 heteroatoms. The molecule has 0 aromatic carbocycles. The van der Waals surface area contributed by atoms with E-state index >= 15 is 0 Å². The van der Waals surface area contributed by atoms with E-state index in [0.29, 0.717) is 6.42 Å². The van der Waals surface area contributed by atoms with Crippen molar-refractivity contribution in [3.8, 4) is 0 Å².